The summed E-state index contributed by atoms with van der Waals surface area (Å²) in [5.41, 5.74) is 6.44. The standard InChI is InChI=1S/C15H13F3N4/c16-15(17,18)12-6-2-1-4-10(12)8-13-20-14-7-3-5-11(9-19)22(14)21-13/h1-7H,8-9,19H2. The number of pyridine rings is 1. The maximum absolute atomic E-state index is 13.0. The fourth-order valence-corrected chi connectivity index (χ4v) is 2.35. The van der Waals surface area contributed by atoms with Crippen molar-refractivity contribution in [3.8, 4) is 0 Å². The summed E-state index contributed by atoms with van der Waals surface area (Å²) in [6.45, 7) is 0.277. The zero-order chi connectivity index (χ0) is 15.7. The zero-order valence-corrected chi connectivity index (χ0v) is 11.5. The van der Waals surface area contributed by atoms with Gasteiger partial charge in [-0.3, -0.25) is 0 Å². The highest BCUT2D eigenvalue weighted by atomic mass is 19.4. The lowest BCUT2D eigenvalue weighted by molar-refractivity contribution is -0.138. The van der Waals surface area contributed by atoms with Crippen LogP contribution in [0, 0.1) is 0 Å². The highest BCUT2D eigenvalue weighted by Gasteiger charge is 2.33. The minimum atomic E-state index is -4.39. The normalized spacial score (nSPS) is 12.0. The third kappa shape index (κ3) is 2.67. The molecule has 2 aromatic heterocycles. The van der Waals surface area contributed by atoms with E-state index in [0.29, 0.717) is 11.5 Å². The van der Waals surface area contributed by atoms with Crippen molar-refractivity contribution in [1.29, 1.82) is 0 Å². The van der Waals surface area contributed by atoms with Crippen LogP contribution in [0.5, 0.6) is 0 Å². The molecule has 2 N–H and O–H groups in total. The third-order valence-corrected chi connectivity index (χ3v) is 3.36. The lowest BCUT2D eigenvalue weighted by atomic mass is 10.0. The molecule has 0 atom stereocenters. The summed E-state index contributed by atoms with van der Waals surface area (Å²) in [5, 5.41) is 4.26. The molecule has 114 valence electrons. The van der Waals surface area contributed by atoms with E-state index in [1.807, 2.05) is 0 Å². The number of nitrogens with two attached hydrogens (primary N) is 1. The summed E-state index contributed by atoms with van der Waals surface area (Å²) < 4.78 is 40.6. The van der Waals surface area contributed by atoms with Gasteiger partial charge in [-0.15, -0.1) is 0 Å². The van der Waals surface area contributed by atoms with Crippen LogP contribution >= 0.6 is 0 Å². The molecule has 0 aliphatic carbocycles. The van der Waals surface area contributed by atoms with Crippen molar-refractivity contribution >= 4 is 5.65 Å². The van der Waals surface area contributed by atoms with Gasteiger partial charge in [0.1, 0.15) is 0 Å². The van der Waals surface area contributed by atoms with Crippen LogP contribution < -0.4 is 5.73 Å². The fourth-order valence-electron chi connectivity index (χ4n) is 2.35. The molecule has 2 heterocycles. The predicted octanol–water partition coefficient (Wildman–Crippen LogP) is 2.80. The first-order chi connectivity index (χ1) is 10.5. The van der Waals surface area contributed by atoms with E-state index < -0.39 is 11.7 Å². The lowest BCUT2D eigenvalue weighted by Crippen LogP contribution is -2.10. The highest BCUT2D eigenvalue weighted by Crippen LogP contribution is 2.32. The molecule has 4 nitrogen and oxygen atoms in total. The second kappa shape index (κ2) is 5.42. The molecule has 0 spiro atoms. The van der Waals surface area contributed by atoms with E-state index in [2.05, 4.69) is 10.1 Å². The second-order valence-electron chi connectivity index (χ2n) is 4.85. The Bertz CT molecular complexity index is 808. The molecule has 3 aromatic rings. The molecule has 0 aliphatic rings. The molecular weight excluding hydrogens is 293 g/mol. The van der Waals surface area contributed by atoms with Crippen LogP contribution in [0.25, 0.3) is 5.65 Å². The zero-order valence-electron chi connectivity index (χ0n) is 11.5. The van der Waals surface area contributed by atoms with Crippen molar-refractivity contribution in [3.05, 3.63) is 65.1 Å². The molecule has 0 aliphatic heterocycles. The van der Waals surface area contributed by atoms with Crippen LogP contribution in [0.15, 0.2) is 42.5 Å². The number of rotatable bonds is 3. The maximum atomic E-state index is 13.0. The Hall–Kier alpha value is -2.41. The third-order valence-electron chi connectivity index (χ3n) is 3.36. The molecule has 1 aromatic carbocycles. The molecule has 7 heteroatoms. The van der Waals surface area contributed by atoms with Gasteiger partial charge >= 0.3 is 6.18 Å². The molecular formula is C15H13F3N4. The molecule has 0 saturated carbocycles. The fraction of sp³-hybridized carbons (Fsp3) is 0.200. The van der Waals surface area contributed by atoms with Gasteiger partial charge in [-0.1, -0.05) is 24.3 Å². The minimum absolute atomic E-state index is 0.0153. The number of halogens is 3. The van der Waals surface area contributed by atoms with E-state index in [9.17, 15) is 13.2 Å². The van der Waals surface area contributed by atoms with Gasteiger partial charge in [0, 0.05) is 13.0 Å². The first-order valence-electron chi connectivity index (χ1n) is 6.68. The summed E-state index contributed by atoms with van der Waals surface area (Å²) in [6, 6.07) is 10.8. The van der Waals surface area contributed by atoms with Crippen LogP contribution in [0.1, 0.15) is 22.6 Å². The monoisotopic (exact) mass is 306 g/mol. The minimum Gasteiger partial charge on any atom is -0.325 e. The highest BCUT2D eigenvalue weighted by molar-refractivity contribution is 5.40. The Labute approximate surface area is 124 Å². The van der Waals surface area contributed by atoms with Gasteiger partial charge in [-0.2, -0.15) is 18.3 Å². The first-order valence-corrected chi connectivity index (χ1v) is 6.68. The summed E-state index contributed by atoms with van der Waals surface area (Å²) >= 11 is 0. The number of aromatic nitrogens is 3. The van der Waals surface area contributed by atoms with E-state index in [-0.39, 0.29) is 18.5 Å². The Kier molecular flexibility index (Phi) is 3.58. The van der Waals surface area contributed by atoms with E-state index in [0.717, 1.165) is 11.8 Å². The van der Waals surface area contributed by atoms with Gasteiger partial charge in [0.2, 0.25) is 0 Å². The summed E-state index contributed by atoms with van der Waals surface area (Å²) in [6.07, 6.45) is -4.38. The van der Waals surface area contributed by atoms with Crippen LogP contribution in [-0.2, 0) is 19.1 Å². The van der Waals surface area contributed by atoms with Crippen LogP contribution in [0.3, 0.4) is 0 Å². The summed E-state index contributed by atoms with van der Waals surface area (Å²) in [5.74, 6) is 0.331. The van der Waals surface area contributed by atoms with E-state index >= 15 is 0 Å². The van der Waals surface area contributed by atoms with E-state index in [1.54, 1.807) is 28.8 Å². The maximum Gasteiger partial charge on any atom is 0.416 e. The number of hydrogen-bond donors (Lipinski definition) is 1. The molecule has 0 fully saturated rings. The molecule has 3 rings (SSSR count). The van der Waals surface area contributed by atoms with Crippen molar-refractivity contribution in [2.75, 3.05) is 0 Å². The smallest absolute Gasteiger partial charge is 0.325 e. The average molecular weight is 306 g/mol. The molecule has 0 saturated heterocycles. The molecule has 0 unspecified atom stereocenters. The summed E-state index contributed by atoms with van der Waals surface area (Å²) in [7, 11) is 0. The van der Waals surface area contributed by atoms with Gasteiger partial charge in [0.15, 0.2) is 11.5 Å². The van der Waals surface area contributed by atoms with Crippen molar-refractivity contribution < 1.29 is 13.2 Å². The van der Waals surface area contributed by atoms with Gasteiger partial charge in [0.05, 0.1) is 11.3 Å². The Balaban J connectivity index is 2.01. The van der Waals surface area contributed by atoms with Crippen LogP contribution in [-0.4, -0.2) is 14.6 Å². The Morgan fingerprint density at radius 3 is 2.55 bits per heavy atom. The number of fused-ring (bicyclic) bond motifs is 1. The molecule has 0 bridgehead atoms. The van der Waals surface area contributed by atoms with Crippen LogP contribution in [0.4, 0.5) is 13.2 Å². The van der Waals surface area contributed by atoms with E-state index in [1.165, 1.54) is 12.1 Å². The van der Waals surface area contributed by atoms with Crippen molar-refractivity contribution in [2.24, 2.45) is 5.73 Å². The van der Waals surface area contributed by atoms with Crippen molar-refractivity contribution in [2.45, 2.75) is 19.1 Å². The Morgan fingerprint density at radius 1 is 1.05 bits per heavy atom. The van der Waals surface area contributed by atoms with Crippen molar-refractivity contribution in [1.82, 2.24) is 14.6 Å². The Morgan fingerprint density at radius 2 is 1.82 bits per heavy atom. The predicted molar refractivity (Wildman–Crippen MR) is 75.1 cm³/mol. The molecule has 0 radical (unpaired) electrons. The molecule has 0 amide bonds. The number of alkyl halides is 3. The topological polar surface area (TPSA) is 56.2 Å². The average Bonchev–Trinajstić information content (AvgIpc) is 2.88. The number of hydrogen-bond acceptors (Lipinski definition) is 3. The van der Waals surface area contributed by atoms with Crippen LogP contribution in [0.2, 0.25) is 0 Å². The number of benzene rings is 1. The van der Waals surface area contributed by atoms with Crippen molar-refractivity contribution in [3.63, 3.8) is 0 Å². The largest absolute Gasteiger partial charge is 0.416 e. The van der Waals surface area contributed by atoms with Gasteiger partial charge in [-0.05, 0) is 23.8 Å². The van der Waals surface area contributed by atoms with Gasteiger partial charge in [0.25, 0.3) is 0 Å². The number of nitrogens with zero attached hydrogens (tertiary/aromatic N) is 3. The van der Waals surface area contributed by atoms with Gasteiger partial charge in [-0.25, -0.2) is 9.50 Å². The SMILES string of the molecule is NCc1cccc2nc(Cc3ccccc3C(F)(F)F)nn12. The second-order valence-corrected chi connectivity index (χ2v) is 4.85. The molecule has 22 heavy (non-hydrogen) atoms. The lowest BCUT2D eigenvalue weighted by Gasteiger charge is -2.11. The summed E-state index contributed by atoms with van der Waals surface area (Å²) in [4.78, 5) is 4.27. The first kappa shape index (κ1) is 14.5. The van der Waals surface area contributed by atoms with E-state index in [4.69, 9.17) is 5.73 Å². The quantitative estimate of drug-likeness (QED) is 0.809. The van der Waals surface area contributed by atoms with Gasteiger partial charge < -0.3 is 5.73 Å².